The predicted octanol–water partition coefficient (Wildman–Crippen LogP) is 3.19. The Balaban J connectivity index is 1.62. The largest absolute Gasteiger partial charge is 0.491 e. The predicted molar refractivity (Wildman–Crippen MR) is 108 cm³/mol. The van der Waals surface area contributed by atoms with Crippen molar-refractivity contribution in [2.75, 3.05) is 13.1 Å². The van der Waals surface area contributed by atoms with Crippen molar-refractivity contribution in [1.29, 1.82) is 0 Å². The van der Waals surface area contributed by atoms with Gasteiger partial charge in [0, 0.05) is 25.2 Å². The molecular formula is C21H26N2O4S. The highest BCUT2D eigenvalue weighted by atomic mass is 32.2. The summed E-state index contributed by atoms with van der Waals surface area (Å²) < 4.78 is 32.3. The third-order valence-corrected chi connectivity index (χ3v) is 6.46. The molecule has 1 amide bonds. The maximum atomic E-state index is 12.5. The second-order valence-electron chi connectivity index (χ2n) is 7.13. The van der Waals surface area contributed by atoms with Gasteiger partial charge >= 0.3 is 0 Å². The van der Waals surface area contributed by atoms with Gasteiger partial charge < -0.3 is 10.1 Å². The number of hydrogen-bond donors (Lipinski definition) is 1. The van der Waals surface area contributed by atoms with E-state index in [2.05, 4.69) is 5.32 Å². The van der Waals surface area contributed by atoms with Gasteiger partial charge in [0.25, 0.3) is 5.91 Å². The van der Waals surface area contributed by atoms with Crippen LogP contribution in [-0.2, 0) is 16.6 Å². The van der Waals surface area contributed by atoms with Crippen molar-refractivity contribution in [2.24, 2.45) is 0 Å². The molecular weight excluding hydrogens is 376 g/mol. The topological polar surface area (TPSA) is 75.7 Å². The summed E-state index contributed by atoms with van der Waals surface area (Å²) in [5, 5.41) is 2.85. The Morgan fingerprint density at radius 3 is 2.43 bits per heavy atom. The summed E-state index contributed by atoms with van der Waals surface area (Å²) in [5.41, 5.74) is 1.36. The zero-order valence-corrected chi connectivity index (χ0v) is 17.0. The van der Waals surface area contributed by atoms with Gasteiger partial charge in [0.05, 0.1) is 11.0 Å². The quantitative estimate of drug-likeness (QED) is 0.772. The number of hydrogen-bond acceptors (Lipinski definition) is 4. The second-order valence-corrected chi connectivity index (χ2v) is 9.07. The SMILES string of the molecule is CC(C)Oc1cccc(CNC(=O)c2ccc(S(=O)(=O)N3CCCC3)cc2)c1. The summed E-state index contributed by atoms with van der Waals surface area (Å²) in [6, 6.07) is 13.7. The number of ether oxygens (including phenoxy) is 1. The highest BCUT2D eigenvalue weighted by Gasteiger charge is 2.27. The van der Waals surface area contributed by atoms with Crippen LogP contribution in [0.5, 0.6) is 5.75 Å². The Bertz CT molecular complexity index is 918. The molecule has 2 aromatic rings. The van der Waals surface area contributed by atoms with Crippen LogP contribution in [0.15, 0.2) is 53.4 Å². The van der Waals surface area contributed by atoms with Gasteiger partial charge in [0.2, 0.25) is 10.0 Å². The van der Waals surface area contributed by atoms with Crippen molar-refractivity contribution in [3.8, 4) is 5.75 Å². The molecule has 28 heavy (non-hydrogen) atoms. The Morgan fingerprint density at radius 2 is 1.79 bits per heavy atom. The maximum absolute atomic E-state index is 12.5. The third-order valence-electron chi connectivity index (χ3n) is 4.54. The van der Waals surface area contributed by atoms with Gasteiger partial charge in [-0.05, 0) is 68.7 Å². The molecule has 0 saturated carbocycles. The van der Waals surface area contributed by atoms with E-state index >= 15 is 0 Å². The fourth-order valence-electron chi connectivity index (χ4n) is 3.14. The zero-order valence-electron chi connectivity index (χ0n) is 16.2. The van der Waals surface area contributed by atoms with Crippen LogP contribution < -0.4 is 10.1 Å². The molecule has 1 heterocycles. The smallest absolute Gasteiger partial charge is 0.251 e. The van der Waals surface area contributed by atoms with Crippen LogP contribution in [-0.4, -0.2) is 37.8 Å². The molecule has 1 fully saturated rings. The maximum Gasteiger partial charge on any atom is 0.251 e. The summed E-state index contributed by atoms with van der Waals surface area (Å²) in [6.07, 6.45) is 1.87. The van der Waals surface area contributed by atoms with Gasteiger partial charge in [-0.25, -0.2) is 8.42 Å². The minimum Gasteiger partial charge on any atom is -0.491 e. The minimum atomic E-state index is -3.46. The second kappa shape index (κ2) is 8.75. The van der Waals surface area contributed by atoms with Crippen molar-refractivity contribution >= 4 is 15.9 Å². The molecule has 0 spiro atoms. The average molecular weight is 403 g/mol. The Morgan fingerprint density at radius 1 is 1.11 bits per heavy atom. The lowest BCUT2D eigenvalue weighted by atomic mass is 10.2. The number of carbonyl (C=O) groups is 1. The molecule has 6 nitrogen and oxygen atoms in total. The number of nitrogens with one attached hydrogen (secondary N) is 1. The van der Waals surface area contributed by atoms with Crippen LogP contribution in [0.1, 0.15) is 42.6 Å². The van der Waals surface area contributed by atoms with Crippen molar-refractivity contribution in [2.45, 2.75) is 44.2 Å². The number of rotatable bonds is 7. The number of nitrogens with zero attached hydrogens (tertiary/aromatic N) is 1. The van der Waals surface area contributed by atoms with Crippen molar-refractivity contribution < 1.29 is 17.9 Å². The van der Waals surface area contributed by atoms with E-state index in [9.17, 15) is 13.2 Å². The van der Waals surface area contributed by atoms with Crippen LogP contribution in [0, 0.1) is 0 Å². The van der Waals surface area contributed by atoms with Crippen LogP contribution in [0.2, 0.25) is 0 Å². The first-order valence-electron chi connectivity index (χ1n) is 9.50. The Labute approximate surface area is 166 Å². The molecule has 0 bridgehead atoms. The highest BCUT2D eigenvalue weighted by molar-refractivity contribution is 7.89. The van der Waals surface area contributed by atoms with E-state index in [0.29, 0.717) is 25.2 Å². The summed E-state index contributed by atoms with van der Waals surface area (Å²) in [4.78, 5) is 12.6. The number of carbonyl (C=O) groups excluding carboxylic acids is 1. The zero-order chi connectivity index (χ0) is 20.1. The first-order chi connectivity index (χ1) is 13.4. The number of sulfonamides is 1. The van der Waals surface area contributed by atoms with E-state index < -0.39 is 10.0 Å². The molecule has 1 aliphatic heterocycles. The summed E-state index contributed by atoms with van der Waals surface area (Å²) in [7, 11) is -3.46. The fraction of sp³-hybridized carbons (Fsp3) is 0.381. The van der Waals surface area contributed by atoms with Gasteiger partial charge in [-0.15, -0.1) is 0 Å². The van der Waals surface area contributed by atoms with Crippen molar-refractivity contribution in [1.82, 2.24) is 9.62 Å². The van der Waals surface area contributed by atoms with Gasteiger partial charge in [0.1, 0.15) is 5.75 Å². The lowest BCUT2D eigenvalue weighted by molar-refractivity contribution is 0.0950. The van der Waals surface area contributed by atoms with Gasteiger partial charge in [0.15, 0.2) is 0 Å². The molecule has 0 atom stereocenters. The fourth-order valence-corrected chi connectivity index (χ4v) is 4.66. The van der Waals surface area contributed by atoms with Crippen LogP contribution in [0.4, 0.5) is 0 Å². The average Bonchev–Trinajstić information content (AvgIpc) is 3.22. The minimum absolute atomic E-state index is 0.0835. The molecule has 1 saturated heterocycles. The molecule has 0 radical (unpaired) electrons. The Kier molecular flexibility index (Phi) is 6.36. The van der Waals surface area contributed by atoms with Gasteiger partial charge in [-0.3, -0.25) is 4.79 Å². The first-order valence-corrected chi connectivity index (χ1v) is 10.9. The van der Waals surface area contributed by atoms with Crippen molar-refractivity contribution in [3.05, 3.63) is 59.7 Å². The normalized spacial score (nSPS) is 15.0. The molecule has 3 rings (SSSR count). The molecule has 0 unspecified atom stereocenters. The summed E-state index contributed by atoms with van der Waals surface area (Å²) in [6.45, 7) is 5.40. The molecule has 150 valence electrons. The summed E-state index contributed by atoms with van der Waals surface area (Å²) in [5.74, 6) is 0.513. The molecule has 0 aliphatic carbocycles. The number of benzene rings is 2. The molecule has 0 aromatic heterocycles. The van der Waals surface area contributed by atoms with Crippen LogP contribution in [0.25, 0.3) is 0 Å². The highest BCUT2D eigenvalue weighted by Crippen LogP contribution is 2.21. The monoisotopic (exact) mass is 402 g/mol. The molecule has 2 aromatic carbocycles. The van der Waals surface area contributed by atoms with Gasteiger partial charge in [-0.1, -0.05) is 12.1 Å². The van der Waals surface area contributed by atoms with Crippen LogP contribution in [0.3, 0.4) is 0 Å². The van der Waals surface area contributed by atoms with E-state index in [4.69, 9.17) is 4.74 Å². The van der Waals surface area contributed by atoms with E-state index in [0.717, 1.165) is 24.2 Å². The Hall–Kier alpha value is -2.38. The third kappa shape index (κ3) is 4.91. The lowest BCUT2D eigenvalue weighted by Crippen LogP contribution is -2.28. The van der Waals surface area contributed by atoms with Crippen LogP contribution >= 0.6 is 0 Å². The van der Waals surface area contributed by atoms with Gasteiger partial charge in [-0.2, -0.15) is 4.31 Å². The van der Waals surface area contributed by atoms with E-state index in [1.54, 1.807) is 12.1 Å². The van der Waals surface area contributed by atoms with E-state index in [-0.39, 0.29) is 16.9 Å². The first kappa shape index (κ1) is 20.4. The summed E-state index contributed by atoms with van der Waals surface area (Å²) >= 11 is 0. The number of amides is 1. The molecule has 1 aliphatic rings. The lowest BCUT2D eigenvalue weighted by Gasteiger charge is -2.15. The molecule has 1 N–H and O–H groups in total. The molecule has 7 heteroatoms. The van der Waals surface area contributed by atoms with E-state index in [1.807, 2.05) is 38.1 Å². The van der Waals surface area contributed by atoms with E-state index in [1.165, 1.54) is 16.4 Å². The standard InChI is InChI=1S/C21H26N2O4S/c1-16(2)27-19-7-5-6-17(14-19)15-22-21(24)18-8-10-20(11-9-18)28(25,26)23-12-3-4-13-23/h5-11,14,16H,3-4,12-13,15H2,1-2H3,(H,22,24). The van der Waals surface area contributed by atoms with Crippen molar-refractivity contribution in [3.63, 3.8) is 0 Å².